The van der Waals surface area contributed by atoms with Crippen LogP contribution in [0.2, 0.25) is 0 Å². The molecule has 0 bridgehead atoms. The summed E-state index contributed by atoms with van der Waals surface area (Å²) in [6.45, 7) is 6.18. The molecule has 0 aliphatic heterocycles. The van der Waals surface area contributed by atoms with Gasteiger partial charge in [-0.05, 0) is 36.0 Å². The number of benzene rings is 1. The molecule has 0 aromatic heterocycles. The van der Waals surface area contributed by atoms with Crippen LogP contribution >= 0.6 is 0 Å². The Balaban J connectivity index is 3.63. The Morgan fingerprint density at radius 1 is 0.889 bits per heavy atom. The molecule has 0 spiro atoms. The summed E-state index contributed by atoms with van der Waals surface area (Å²) in [5, 5.41) is 23.9. The van der Waals surface area contributed by atoms with Crippen molar-refractivity contribution in [3.8, 4) is 0 Å². The minimum atomic E-state index is 0.795. The highest BCUT2D eigenvalue weighted by Crippen LogP contribution is 2.23. The molecule has 0 saturated carbocycles. The Morgan fingerprint density at radius 3 is 1.61 bits per heavy atom. The Hall–Kier alpha value is -1.84. The van der Waals surface area contributed by atoms with Crippen molar-refractivity contribution >= 4 is 12.4 Å². The molecular formula is C14H20N2O2. The zero-order valence-corrected chi connectivity index (χ0v) is 11.1. The summed E-state index contributed by atoms with van der Waals surface area (Å²) < 4.78 is 0. The Kier molecular flexibility index (Phi) is 5.36. The average molecular weight is 248 g/mol. The quantitative estimate of drug-likeness (QED) is 0.478. The first-order chi connectivity index (χ1) is 8.73. The number of rotatable bonds is 5. The smallest absolute Gasteiger partial charge is 0.0739 e. The molecule has 1 rings (SSSR count). The Labute approximate surface area is 108 Å². The van der Waals surface area contributed by atoms with Gasteiger partial charge in [-0.15, -0.1) is 0 Å². The number of oxime groups is 2. The first kappa shape index (κ1) is 14.2. The second-order valence-corrected chi connectivity index (χ2v) is 4.05. The molecule has 2 N–H and O–H groups in total. The van der Waals surface area contributed by atoms with Crippen LogP contribution in [0, 0.1) is 0 Å². The second-order valence-electron chi connectivity index (χ2n) is 4.05. The molecule has 0 aliphatic rings. The van der Waals surface area contributed by atoms with E-state index >= 15 is 0 Å². The second kappa shape index (κ2) is 6.79. The van der Waals surface area contributed by atoms with Crippen LogP contribution in [0.25, 0.3) is 0 Å². The molecule has 1 aromatic carbocycles. The van der Waals surface area contributed by atoms with E-state index in [1.54, 1.807) is 0 Å². The molecule has 0 amide bonds. The highest BCUT2D eigenvalue weighted by molar-refractivity contribution is 5.92. The van der Waals surface area contributed by atoms with E-state index in [4.69, 9.17) is 10.4 Å². The molecule has 0 atom stereocenters. The van der Waals surface area contributed by atoms with Crippen LogP contribution in [0.1, 0.15) is 48.6 Å². The SMILES string of the molecule is CCc1cc(CC)c(/C=N/O)c(CC)c1/C=N\O. The van der Waals surface area contributed by atoms with Crippen molar-refractivity contribution in [1.82, 2.24) is 0 Å². The summed E-state index contributed by atoms with van der Waals surface area (Å²) in [5.74, 6) is 0. The topological polar surface area (TPSA) is 65.2 Å². The van der Waals surface area contributed by atoms with Crippen molar-refractivity contribution in [2.75, 3.05) is 0 Å². The van der Waals surface area contributed by atoms with Crippen LogP contribution in [0.4, 0.5) is 0 Å². The molecular weight excluding hydrogens is 228 g/mol. The summed E-state index contributed by atoms with van der Waals surface area (Å²) in [6, 6.07) is 2.09. The fourth-order valence-corrected chi connectivity index (χ4v) is 2.30. The highest BCUT2D eigenvalue weighted by Gasteiger charge is 2.13. The number of aryl methyl sites for hydroxylation is 2. The van der Waals surface area contributed by atoms with Crippen molar-refractivity contribution in [2.45, 2.75) is 40.0 Å². The number of nitrogens with zero attached hydrogens (tertiary/aromatic N) is 2. The molecule has 0 fully saturated rings. The van der Waals surface area contributed by atoms with Crippen LogP contribution < -0.4 is 0 Å². The number of hydrogen-bond acceptors (Lipinski definition) is 4. The van der Waals surface area contributed by atoms with Gasteiger partial charge in [0.2, 0.25) is 0 Å². The predicted octanol–water partition coefficient (Wildman–Crippen LogP) is 2.99. The van der Waals surface area contributed by atoms with Gasteiger partial charge in [0.25, 0.3) is 0 Å². The van der Waals surface area contributed by atoms with Gasteiger partial charge >= 0.3 is 0 Å². The number of hydrogen-bond donors (Lipinski definition) is 2. The molecule has 0 aliphatic carbocycles. The lowest BCUT2D eigenvalue weighted by Crippen LogP contribution is -2.07. The Bertz CT molecular complexity index is 427. The van der Waals surface area contributed by atoms with E-state index in [2.05, 4.69) is 30.2 Å². The lowest BCUT2D eigenvalue weighted by Gasteiger charge is -2.16. The molecule has 4 nitrogen and oxygen atoms in total. The van der Waals surface area contributed by atoms with E-state index < -0.39 is 0 Å². The van der Waals surface area contributed by atoms with E-state index in [1.165, 1.54) is 12.4 Å². The standard InChI is InChI=1S/C14H20N2O2/c1-4-10-7-11(5-2)14(9-16-18)12(6-3)13(10)8-15-17/h7-9,17-18H,4-6H2,1-3H3/b15-8-,16-9+. The van der Waals surface area contributed by atoms with E-state index in [9.17, 15) is 0 Å². The largest absolute Gasteiger partial charge is 0.411 e. The van der Waals surface area contributed by atoms with Gasteiger partial charge < -0.3 is 10.4 Å². The third kappa shape index (κ3) is 2.70. The third-order valence-electron chi connectivity index (χ3n) is 3.18. The van der Waals surface area contributed by atoms with Crippen molar-refractivity contribution in [3.05, 3.63) is 33.9 Å². The summed E-state index contributed by atoms with van der Waals surface area (Å²) in [6.07, 6.45) is 5.47. The molecule has 4 heteroatoms. The van der Waals surface area contributed by atoms with Gasteiger partial charge in [0.15, 0.2) is 0 Å². The zero-order valence-electron chi connectivity index (χ0n) is 11.1. The zero-order chi connectivity index (χ0) is 13.5. The average Bonchev–Trinajstić information content (AvgIpc) is 2.40. The van der Waals surface area contributed by atoms with E-state index in [0.29, 0.717) is 0 Å². The first-order valence-electron chi connectivity index (χ1n) is 6.25. The van der Waals surface area contributed by atoms with E-state index in [-0.39, 0.29) is 0 Å². The van der Waals surface area contributed by atoms with Gasteiger partial charge in [0, 0.05) is 11.1 Å². The van der Waals surface area contributed by atoms with Gasteiger partial charge in [-0.25, -0.2) is 0 Å². The molecule has 0 radical (unpaired) electrons. The maximum Gasteiger partial charge on any atom is 0.0739 e. The van der Waals surface area contributed by atoms with Gasteiger partial charge in [-0.1, -0.05) is 37.1 Å². The predicted molar refractivity (Wildman–Crippen MR) is 73.3 cm³/mol. The van der Waals surface area contributed by atoms with Gasteiger partial charge in [-0.3, -0.25) is 0 Å². The summed E-state index contributed by atoms with van der Waals surface area (Å²) in [5.41, 5.74) is 5.21. The lowest BCUT2D eigenvalue weighted by molar-refractivity contribution is 0.321. The van der Waals surface area contributed by atoms with Crippen molar-refractivity contribution in [1.29, 1.82) is 0 Å². The fourth-order valence-electron chi connectivity index (χ4n) is 2.30. The molecule has 98 valence electrons. The van der Waals surface area contributed by atoms with Crippen LogP contribution in [0.15, 0.2) is 16.4 Å². The van der Waals surface area contributed by atoms with Crippen LogP contribution in [-0.2, 0) is 19.3 Å². The molecule has 0 saturated heterocycles. The summed E-state index contributed by atoms with van der Waals surface area (Å²) in [4.78, 5) is 0. The fraction of sp³-hybridized carbons (Fsp3) is 0.429. The van der Waals surface area contributed by atoms with E-state index in [1.807, 2.05) is 6.92 Å². The maximum absolute atomic E-state index is 8.79. The lowest BCUT2D eigenvalue weighted by atomic mass is 9.89. The molecule has 0 unspecified atom stereocenters. The third-order valence-corrected chi connectivity index (χ3v) is 3.18. The maximum atomic E-state index is 8.79. The normalized spacial score (nSPS) is 11.7. The molecule has 18 heavy (non-hydrogen) atoms. The van der Waals surface area contributed by atoms with Crippen molar-refractivity contribution in [2.24, 2.45) is 10.3 Å². The van der Waals surface area contributed by atoms with E-state index in [0.717, 1.165) is 47.1 Å². The van der Waals surface area contributed by atoms with Gasteiger partial charge in [0.05, 0.1) is 12.4 Å². The van der Waals surface area contributed by atoms with Crippen LogP contribution in [0.3, 0.4) is 0 Å². The van der Waals surface area contributed by atoms with Gasteiger partial charge in [-0.2, -0.15) is 0 Å². The van der Waals surface area contributed by atoms with Crippen molar-refractivity contribution in [3.63, 3.8) is 0 Å². The molecule has 0 heterocycles. The molecule has 1 aromatic rings. The minimum Gasteiger partial charge on any atom is -0.411 e. The van der Waals surface area contributed by atoms with Gasteiger partial charge in [0.1, 0.15) is 0 Å². The minimum absolute atomic E-state index is 0.795. The Morgan fingerprint density at radius 2 is 1.33 bits per heavy atom. The highest BCUT2D eigenvalue weighted by atomic mass is 16.4. The summed E-state index contributed by atoms with van der Waals surface area (Å²) in [7, 11) is 0. The monoisotopic (exact) mass is 248 g/mol. The van der Waals surface area contributed by atoms with Crippen molar-refractivity contribution < 1.29 is 10.4 Å². The van der Waals surface area contributed by atoms with Crippen LogP contribution in [-0.4, -0.2) is 22.8 Å². The first-order valence-corrected chi connectivity index (χ1v) is 6.25. The van der Waals surface area contributed by atoms with Crippen LogP contribution in [0.5, 0.6) is 0 Å². The summed E-state index contributed by atoms with van der Waals surface area (Å²) >= 11 is 0.